The van der Waals surface area contributed by atoms with E-state index in [4.69, 9.17) is 23.2 Å². The molecule has 0 saturated heterocycles. The Balaban J connectivity index is 2.45. The summed E-state index contributed by atoms with van der Waals surface area (Å²) < 4.78 is 0. The molecule has 1 unspecified atom stereocenters. The number of benzene rings is 1. The van der Waals surface area contributed by atoms with Gasteiger partial charge in [0.15, 0.2) is 0 Å². The zero-order valence-corrected chi connectivity index (χ0v) is 12.6. The number of carbonyl (C=O) groups is 1. The lowest BCUT2D eigenvalue weighted by atomic mass is 10.3. The number of nitrogens with one attached hydrogen (secondary N) is 2. The van der Waals surface area contributed by atoms with Crippen LogP contribution in [0.4, 0.5) is 5.69 Å². The molecule has 0 aliphatic heterocycles. The van der Waals surface area contributed by atoms with E-state index in [1.165, 1.54) is 0 Å². The van der Waals surface area contributed by atoms with E-state index >= 15 is 0 Å². The summed E-state index contributed by atoms with van der Waals surface area (Å²) in [5, 5.41) is 7.12. The third-order valence-corrected chi connectivity index (χ3v) is 3.95. The maximum absolute atomic E-state index is 11.7. The highest BCUT2D eigenvalue weighted by molar-refractivity contribution is 7.99. The number of amides is 1. The van der Waals surface area contributed by atoms with Gasteiger partial charge in [0.1, 0.15) is 0 Å². The van der Waals surface area contributed by atoms with E-state index < -0.39 is 0 Å². The van der Waals surface area contributed by atoms with Crippen molar-refractivity contribution >= 4 is 46.6 Å². The van der Waals surface area contributed by atoms with Crippen LogP contribution in [0.15, 0.2) is 18.2 Å². The van der Waals surface area contributed by atoms with Gasteiger partial charge in [-0.25, -0.2) is 0 Å². The molecule has 1 aromatic carbocycles. The van der Waals surface area contributed by atoms with Crippen LogP contribution in [0.5, 0.6) is 0 Å². The van der Waals surface area contributed by atoms with Crippen LogP contribution in [0, 0.1) is 0 Å². The summed E-state index contributed by atoms with van der Waals surface area (Å²) in [6.07, 6.45) is 2.04. The second kappa shape index (κ2) is 7.89. The highest BCUT2D eigenvalue weighted by Crippen LogP contribution is 2.29. The number of halogens is 2. The number of hydrogen-bond acceptors (Lipinski definition) is 3. The van der Waals surface area contributed by atoms with Crippen molar-refractivity contribution in [1.82, 2.24) is 5.32 Å². The molecule has 100 valence electrons. The topological polar surface area (TPSA) is 41.1 Å². The summed E-state index contributed by atoms with van der Waals surface area (Å²) in [4.78, 5) is 11.7. The molecule has 0 fully saturated rings. The standard InChI is InChI=1S/C12H16Cl2N2OS/c1-8(18-2)6-15-7-11(17)16-12-9(13)4-3-5-10(12)14/h3-5,8,15H,6-7H2,1-2H3,(H,16,17). The number of thioether (sulfide) groups is 1. The Kier molecular flexibility index (Phi) is 6.86. The van der Waals surface area contributed by atoms with Crippen molar-refractivity contribution in [3.05, 3.63) is 28.2 Å². The summed E-state index contributed by atoms with van der Waals surface area (Å²) in [6.45, 7) is 3.12. The molecule has 1 amide bonds. The van der Waals surface area contributed by atoms with Crippen LogP contribution in [0.3, 0.4) is 0 Å². The first-order valence-electron chi connectivity index (χ1n) is 5.52. The van der Waals surface area contributed by atoms with E-state index in [0.717, 1.165) is 6.54 Å². The van der Waals surface area contributed by atoms with Gasteiger partial charge < -0.3 is 10.6 Å². The van der Waals surface area contributed by atoms with Crippen molar-refractivity contribution < 1.29 is 4.79 Å². The third-order valence-electron chi connectivity index (χ3n) is 2.35. The second-order valence-electron chi connectivity index (χ2n) is 3.82. The highest BCUT2D eigenvalue weighted by Gasteiger charge is 2.09. The zero-order chi connectivity index (χ0) is 13.5. The first-order valence-corrected chi connectivity index (χ1v) is 7.56. The Morgan fingerprint density at radius 3 is 2.56 bits per heavy atom. The molecule has 0 radical (unpaired) electrons. The first kappa shape index (κ1) is 15.6. The number of para-hydroxylation sites is 1. The maximum Gasteiger partial charge on any atom is 0.238 e. The minimum absolute atomic E-state index is 0.154. The largest absolute Gasteiger partial charge is 0.322 e. The average molecular weight is 307 g/mol. The Morgan fingerprint density at radius 1 is 1.39 bits per heavy atom. The van der Waals surface area contributed by atoms with Crippen LogP contribution in [0.2, 0.25) is 10.0 Å². The third kappa shape index (κ3) is 5.06. The van der Waals surface area contributed by atoms with Gasteiger partial charge >= 0.3 is 0 Å². The van der Waals surface area contributed by atoms with Gasteiger partial charge in [0, 0.05) is 11.8 Å². The molecule has 1 rings (SSSR count). The number of carbonyl (C=O) groups excluding carboxylic acids is 1. The zero-order valence-electron chi connectivity index (χ0n) is 10.3. The van der Waals surface area contributed by atoms with Crippen molar-refractivity contribution in [1.29, 1.82) is 0 Å². The lowest BCUT2D eigenvalue weighted by Crippen LogP contribution is -2.32. The smallest absolute Gasteiger partial charge is 0.238 e. The van der Waals surface area contributed by atoms with Gasteiger partial charge in [0.2, 0.25) is 5.91 Å². The minimum atomic E-state index is -0.154. The molecule has 2 N–H and O–H groups in total. The molecular formula is C12H16Cl2N2OS. The van der Waals surface area contributed by atoms with Crippen LogP contribution in [-0.2, 0) is 4.79 Å². The van der Waals surface area contributed by atoms with Crippen molar-refractivity contribution in [2.45, 2.75) is 12.2 Å². The summed E-state index contributed by atoms with van der Waals surface area (Å²) in [5.74, 6) is -0.154. The molecule has 6 heteroatoms. The van der Waals surface area contributed by atoms with Gasteiger partial charge in [-0.3, -0.25) is 4.79 Å². The van der Waals surface area contributed by atoms with Gasteiger partial charge in [0.05, 0.1) is 22.3 Å². The van der Waals surface area contributed by atoms with E-state index in [1.54, 1.807) is 30.0 Å². The van der Waals surface area contributed by atoms with Crippen LogP contribution < -0.4 is 10.6 Å². The predicted molar refractivity (Wildman–Crippen MR) is 80.9 cm³/mol. The van der Waals surface area contributed by atoms with E-state index in [-0.39, 0.29) is 12.5 Å². The van der Waals surface area contributed by atoms with Crippen LogP contribution in [0.1, 0.15) is 6.92 Å². The van der Waals surface area contributed by atoms with Crippen molar-refractivity contribution in [2.75, 3.05) is 24.7 Å². The normalized spacial score (nSPS) is 12.2. The molecule has 18 heavy (non-hydrogen) atoms. The monoisotopic (exact) mass is 306 g/mol. The van der Waals surface area contributed by atoms with Gasteiger partial charge in [-0.05, 0) is 18.4 Å². The molecule has 1 aromatic rings. The first-order chi connectivity index (χ1) is 8.54. The minimum Gasteiger partial charge on any atom is -0.322 e. The van der Waals surface area contributed by atoms with Gasteiger partial charge in [0.25, 0.3) is 0 Å². The quantitative estimate of drug-likeness (QED) is 0.847. The fourth-order valence-electron chi connectivity index (χ4n) is 1.27. The Morgan fingerprint density at radius 2 is 2.00 bits per heavy atom. The lowest BCUT2D eigenvalue weighted by molar-refractivity contribution is -0.115. The Labute approximate surface area is 122 Å². The number of anilines is 1. The molecule has 0 heterocycles. The summed E-state index contributed by atoms with van der Waals surface area (Å²) >= 11 is 13.7. The Bertz CT molecular complexity index is 395. The summed E-state index contributed by atoms with van der Waals surface area (Å²) in [5.41, 5.74) is 0.463. The molecule has 3 nitrogen and oxygen atoms in total. The second-order valence-corrected chi connectivity index (χ2v) is 5.91. The van der Waals surface area contributed by atoms with Crippen LogP contribution in [-0.4, -0.2) is 30.5 Å². The summed E-state index contributed by atoms with van der Waals surface area (Å²) in [6, 6.07) is 5.11. The highest BCUT2D eigenvalue weighted by atomic mass is 35.5. The van der Waals surface area contributed by atoms with Crippen molar-refractivity contribution in [3.8, 4) is 0 Å². The van der Waals surface area contributed by atoms with E-state index in [2.05, 4.69) is 17.6 Å². The number of hydrogen-bond donors (Lipinski definition) is 2. The van der Waals surface area contributed by atoms with Crippen LogP contribution >= 0.6 is 35.0 Å². The van der Waals surface area contributed by atoms with E-state index in [9.17, 15) is 4.79 Å². The fraction of sp³-hybridized carbons (Fsp3) is 0.417. The summed E-state index contributed by atoms with van der Waals surface area (Å²) in [7, 11) is 0. The van der Waals surface area contributed by atoms with Gasteiger partial charge in [-0.1, -0.05) is 36.2 Å². The van der Waals surface area contributed by atoms with Crippen molar-refractivity contribution in [2.24, 2.45) is 0 Å². The predicted octanol–water partition coefficient (Wildman–Crippen LogP) is 3.27. The van der Waals surface area contributed by atoms with Gasteiger partial charge in [-0.2, -0.15) is 11.8 Å². The molecule has 0 spiro atoms. The SMILES string of the molecule is CSC(C)CNCC(=O)Nc1c(Cl)cccc1Cl. The maximum atomic E-state index is 11.7. The van der Waals surface area contributed by atoms with Gasteiger partial charge in [-0.15, -0.1) is 0 Å². The molecule has 0 aliphatic rings. The fourth-order valence-corrected chi connectivity index (χ4v) is 2.05. The lowest BCUT2D eigenvalue weighted by Gasteiger charge is -2.11. The van der Waals surface area contributed by atoms with E-state index in [0.29, 0.717) is 21.0 Å². The van der Waals surface area contributed by atoms with E-state index in [1.807, 2.05) is 6.26 Å². The van der Waals surface area contributed by atoms with Crippen molar-refractivity contribution in [3.63, 3.8) is 0 Å². The number of rotatable bonds is 6. The molecular weight excluding hydrogens is 291 g/mol. The molecule has 1 atom stereocenters. The average Bonchev–Trinajstić information content (AvgIpc) is 2.34. The molecule has 0 bridgehead atoms. The Hall–Kier alpha value is -0.420. The molecule has 0 saturated carbocycles. The molecule has 0 aliphatic carbocycles. The van der Waals surface area contributed by atoms with Crippen LogP contribution in [0.25, 0.3) is 0 Å². The molecule has 0 aromatic heterocycles.